The molecule has 0 bridgehead atoms. The molecule has 0 spiro atoms. The Morgan fingerprint density at radius 1 is 1.22 bits per heavy atom. The van der Waals surface area contributed by atoms with Crippen molar-refractivity contribution in [3.63, 3.8) is 0 Å². The molecule has 3 aromatic heterocycles. The van der Waals surface area contributed by atoms with Crippen molar-refractivity contribution >= 4 is 17.3 Å². The first kappa shape index (κ1) is 17.2. The average molecular weight is 379 g/mol. The monoisotopic (exact) mass is 379 g/mol. The lowest BCUT2D eigenvalue weighted by molar-refractivity contribution is 0.0456. The Labute approximate surface area is 160 Å². The van der Waals surface area contributed by atoms with E-state index >= 15 is 0 Å². The lowest BCUT2D eigenvalue weighted by Crippen LogP contribution is -2.09. The summed E-state index contributed by atoms with van der Waals surface area (Å²) < 4.78 is 12.6. The van der Waals surface area contributed by atoms with Crippen LogP contribution >= 0.6 is 11.3 Å². The molecule has 0 radical (unpaired) electrons. The second-order valence-electron chi connectivity index (χ2n) is 6.06. The molecule has 0 N–H and O–H groups in total. The molecule has 0 unspecified atom stereocenters. The van der Waals surface area contributed by atoms with Crippen molar-refractivity contribution in [1.82, 2.24) is 14.5 Å². The fraction of sp³-hybridized carbons (Fsp3) is 0.150. The van der Waals surface area contributed by atoms with Gasteiger partial charge in [0.1, 0.15) is 24.3 Å². The number of rotatable bonds is 5. The van der Waals surface area contributed by atoms with E-state index in [0.29, 0.717) is 17.3 Å². The van der Waals surface area contributed by atoms with E-state index in [4.69, 9.17) is 9.15 Å². The molecule has 0 fully saturated rings. The number of esters is 1. The molecule has 0 atom stereocenters. The van der Waals surface area contributed by atoms with Gasteiger partial charge in [0, 0.05) is 29.8 Å². The van der Waals surface area contributed by atoms with Crippen molar-refractivity contribution in [2.45, 2.75) is 13.5 Å². The van der Waals surface area contributed by atoms with Crippen LogP contribution < -0.4 is 0 Å². The van der Waals surface area contributed by atoms with Crippen molar-refractivity contribution in [3.05, 3.63) is 70.6 Å². The third-order valence-electron chi connectivity index (χ3n) is 4.05. The summed E-state index contributed by atoms with van der Waals surface area (Å²) in [7, 11) is 1.81. The second kappa shape index (κ2) is 7.20. The summed E-state index contributed by atoms with van der Waals surface area (Å²) >= 11 is 1.58. The first-order chi connectivity index (χ1) is 13.1. The highest BCUT2D eigenvalue weighted by Crippen LogP contribution is 2.24. The number of thiazole rings is 1. The summed E-state index contributed by atoms with van der Waals surface area (Å²) in [5, 5.41) is 2.96. The van der Waals surface area contributed by atoms with Crippen LogP contribution in [0.1, 0.15) is 21.2 Å². The summed E-state index contributed by atoms with van der Waals surface area (Å²) in [6, 6.07) is 11.4. The van der Waals surface area contributed by atoms with E-state index in [9.17, 15) is 4.79 Å². The normalized spacial score (nSPS) is 10.9. The summed E-state index contributed by atoms with van der Waals surface area (Å²) in [5.41, 5.74) is 3.65. The number of aromatic nitrogens is 3. The van der Waals surface area contributed by atoms with Gasteiger partial charge < -0.3 is 13.7 Å². The van der Waals surface area contributed by atoms with E-state index in [1.807, 2.05) is 55.9 Å². The van der Waals surface area contributed by atoms with E-state index in [2.05, 4.69) is 9.97 Å². The smallest absolute Gasteiger partial charge is 0.355 e. The van der Waals surface area contributed by atoms with Gasteiger partial charge in [-0.05, 0) is 25.1 Å². The van der Waals surface area contributed by atoms with Crippen molar-refractivity contribution in [1.29, 1.82) is 0 Å². The highest BCUT2D eigenvalue weighted by molar-refractivity contribution is 7.09. The van der Waals surface area contributed by atoms with Gasteiger partial charge in [0.2, 0.25) is 5.89 Å². The second-order valence-corrected chi connectivity index (χ2v) is 7.13. The number of oxazole rings is 1. The molecule has 3 heterocycles. The minimum atomic E-state index is -0.417. The van der Waals surface area contributed by atoms with Crippen molar-refractivity contribution in [2.24, 2.45) is 7.05 Å². The van der Waals surface area contributed by atoms with Crippen molar-refractivity contribution in [2.75, 3.05) is 0 Å². The Balaban J connectivity index is 1.44. The number of hydrogen-bond donors (Lipinski definition) is 0. The predicted molar refractivity (Wildman–Crippen MR) is 102 cm³/mol. The number of ether oxygens (including phenoxy) is 1. The van der Waals surface area contributed by atoms with Crippen LogP contribution in [0.4, 0.5) is 0 Å². The molecule has 27 heavy (non-hydrogen) atoms. The van der Waals surface area contributed by atoms with Gasteiger partial charge in [0.25, 0.3) is 0 Å². The molecule has 136 valence electrons. The molecule has 7 heteroatoms. The van der Waals surface area contributed by atoms with Gasteiger partial charge in [-0.2, -0.15) is 0 Å². The van der Waals surface area contributed by atoms with Crippen LogP contribution in [0, 0.1) is 6.92 Å². The Hall–Kier alpha value is -3.19. The molecular weight excluding hydrogens is 362 g/mol. The lowest BCUT2D eigenvalue weighted by Gasteiger charge is -2.03. The van der Waals surface area contributed by atoms with E-state index in [0.717, 1.165) is 21.8 Å². The first-order valence-electron chi connectivity index (χ1n) is 8.36. The van der Waals surface area contributed by atoms with Gasteiger partial charge in [-0.1, -0.05) is 18.2 Å². The van der Waals surface area contributed by atoms with Crippen LogP contribution in [0.25, 0.3) is 22.7 Å². The quantitative estimate of drug-likeness (QED) is 0.479. The Morgan fingerprint density at radius 2 is 2.04 bits per heavy atom. The van der Waals surface area contributed by atoms with Crippen LogP contribution in [0.2, 0.25) is 0 Å². The molecule has 4 aromatic rings. The van der Waals surface area contributed by atoms with Crippen molar-refractivity contribution in [3.8, 4) is 22.7 Å². The number of aryl methyl sites for hydroxylation is 2. The maximum Gasteiger partial charge on any atom is 0.355 e. The number of nitrogens with zero attached hydrogens (tertiary/aromatic N) is 3. The number of carbonyl (C=O) groups is 1. The van der Waals surface area contributed by atoms with E-state index in [-0.39, 0.29) is 6.61 Å². The molecule has 4 rings (SSSR count). The third-order valence-corrected chi connectivity index (χ3v) is 4.83. The maximum atomic E-state index is 12.4. The summed E-state index contributed by atoms with van der Waals surface area (Å²) in [6.07, 6.45) is 3.37. The highest BCUT2D eigenvalue weighted by atomic mass is 32.1. The standard InChI is InChI=1S/C20H17N3O3S/c1-13-21-17(12-27-13)15-8-18(23(2)9-15)20(24)26-11-16-10-25-19(22-16)14-6-4-3-5-7-14/h3-10,12H,11H2,1-2H3. The zero-order valence-electron chi connectivity index (χ0n) is 14.9. The van der Waals surface area contributed by atoms with Gasteiger partial charge in [-0.25, -0.2) is 14.8 Å². The molecule has 6 nitrogen and oxygen atoms in total. The lowest BCUT2D eigenvalue weighted by atomic mass is 10.2. The molecule has 0 aliphatic rings. The van der Waals surface area contributed by atoms with Crippen LogP contribution in [0.5, 0.6) is 0 Å². The Kier molecular flexibility index (Phi) is 4.60. The minimum absolute atomic E-state index is 0.0471. The summed E-state index contributed by atoms with van der Waals surface area (Å²) in [5.74, 6) is 0.0849. The fourth-order valence-corrected chi connectivity index (χ4v) is 3.33. The maximum absolute atomic E-state index is 12.4. The van der Waals surface area contributed by atoms with E-state index < -0.39 is 5.97 Å². The van der Waals surface area contributed by atoms with Gasteiger partial charge >= 0.3 is 5.97 Å². The van der Waals surface area contributed by atoms with Crippen LogP contribution in [0.3, 0.4) is 0 Å². The van der Waals surface area contributed by atoms with Crippen molar-refractivity contribution < 1.29 is 13.9 Å². The number of benzene rings is 1. The fourth-order valence-electron chi connectivity index (χ4n) is 2.70. The SMILES string of the molecule is Cc1nc(-c2cc(C(=O)OCc3coc(-c4ccccc4)n3)n(C)c2)cs1. The van der Waals surface area contributed by atoms with Gasteiger partial charge in [-0.15, -0.1) is 11.3 Å². The van der Waals surface area contributed by atoms with Gasteiger partial charge in [0.15, 0.2) is 0 Å². The molecule has 0 saturated heterocycles. The molecule has 0 aliphatic heterocycles. The average Bonchev–Trinajstić information content (AvgIpc) is 3.40. The summed E-state index contributed by atoms with van der Waals surface area (Å²) in [6.45, 7) is 2.00. The molecule has 0 amide bonds. The van der Waals surface area contributed by atoms with Crippen LogP contribution in [-0.4, -0.2) is 20.5 Å². The zero-order valence-corrected chi connectivity index (χ0v) is 15.7. The zero-order chi connectivity index (χ0) is 18.8. The highest BCUT2D eigenvalue weighted by Gasteiger charge is 2.16. The molecule has 0 saturated carbocycles. The van der Waals surface area contributed by atoms with E-state index in [1.165, 1.54) is 6.26 Å². The van der Waals surface area contributed by atoms with Gasteiger partial charge in [0.05, 0.1) is 10.7 Å². The molecule has 1 aromatic carbocycles. The Bertz CT molecular complexity index is 1080. The molecular formula is C20H17N3O3S. The topological polar surface area (TPSA) is 70.2 Å². The molecule has 0 aliphatic carbocycles. The Morgan fingerprint density at radius 3 is 2.78 bits per heavy atom. The first-order valence-corrected chi connectivity index (χ1v) is 9.24. The third kappa shape index (κ3) is 3.68. The number of hydrogen-bond acceptors (Lipinski definition) is 6. The number of carbonyl (C=O) groups excluding carboxylic acids is 1. The summed E-state index contributed by atoms with van der Waals surface area (Å²) in [4.78, 5) is 21.3. The van der Waals surface area contributed by atoms with Crippen LogP contribution in [-0.2, 0) is 18.4 Å². The van der Waals surface area contributed by atoms with E-state index in [1.54, 1.807) is 22.0 Å². The van der Waals surface area contributed by atoms with Gasteiger partial charge in [-0.3, -0.25) is 0 Å². The largest absolute Gasteiger partial charge is 0.454 e. The van der Waals surface area contributed by atoms with Crippen LogP contribution in [0.15, 0.2) is 58.7 Å². The minimum Gasteiger partial charge on any atom is -0.454 e. The predicted octanol–water partition coefficient (Wildman–Crippen LogP) is 4.47.